The third-order valence-electron chi connectivity index (χ3n) is 16.7. The predicted molar refractivity (Wildman–Crippen MR) is 315 cm³/mol. The number of amides is 7. The minimum atomic E-state index is -1.54. The van der Waals surface area contributed by atoms with E-state index in [1.807, 2.05) is 24.0 Å². The van der Waals surface area contributed by atoms with Crippen LogP contribution in [0, 0.1) is 11.8 Å². The van der Waals surface area contributed by atoms with E-state index in [2.05, 4.69) is 31.9 Å². The number of aryl methyl sites for hydroxylation is 1. The first kappa shape index (κ1) is 71.2. The Morgan fingerprint density at radius 2 is 1.18 bits per heavy atom. The van der Waals surface area contributed by atoms with E-state index >= 15 is 0 Å². The highest BCUT2D eigenvalue weighted by atomic mass is 16.6. The molecule has 3 fully saturated rings. The van der Waals surface area contributed by atoms with Gasteiger partial charge in [-0.2, -0.15) is 0 Å². The number of carboxylic acids is 4. The summed E-state index contributed by atoms with van der Waals surface area (Å²) in [5.41, 5.74) is 2.09. The predicted octanol–water partition coefficient (Wildman–Crippen LogP) is -4.25. The van der Waals surface area contributed by atoms with Crippen LogP contribution in [0.25, 0.3) is 0 Å². The second kappa shape index (κ2) is 34.9. The van der Waals surface area contributed by atoms with Crippen molar-refractivity contribution in [3.8, 4) is 0 Å². The Hall–Kier alpha value is -7.91. The van der Waals surface area contributed by atoms with Crippen LogP contribution in [0.4, 0.5) is 5.69 Å². The van der Waals surface area contributed by atoms with E-state index in [0.29, 0.717) is 44.5 Å². The Bertz CT molecular complexity index is 2730. The van der Waals surface area contributed by atoms with Gasteiger partial charge >= 0.3 is 35.8 Å². The highest BCUT2D eigenvalue weighted by Crippen LogP contribution is 2.39. The number of cyclic esters (lactones) is 1. The molecule has 7 amide bonds. The molecule has 0 radical (unpaired) electrons. The zero-order valence-corrected chi connectivity index (χ0v) is 50.9. The van der Waals surface area contributed by atoms with Crippen LogP contribution in [-0.4, -0.2) is 282 Å². The number of hydrogen-bond acceptors (Lipinski definition) is 21. The summed E-state index contributed by atoms with van der Waals surface area (Å²) in [6.45, 7) is 4.83. The molecule has 0 saturated carbocycles. The summed E-state index contributed by atoms with van der Waals surface area (Å²) in [5, 5.41) is 63.9. The lowest BCUT2D eigenvalue weighted by Gasteiger charge is -2.33. The molecule has 0 aromatic heterocycles. The number of nitrogens with zero attached hydrogens (tertiary/aromatic N) is 6. The SMILES string of the molecule is CC[C@H](C)[C@H](NC(=O)CCNC(=O)CCNC(=O)[C@@H](CCC(=O)O)NC(=O)CN1CCC(COC(=O)CN2CCN(CC(=O)O)CCN(CC(=O)O)CCN(CC(=O)O)CC2)CC1)C(=O)N[C@H]1CCc2cccc3c2N(C1=O)[C@H](C(=O)NC1CC(=O)OC1O)C3. The molecular formula is C58H86N12O20. The maximum absolute atomic E-state index is 14.3. The Morgan fingerprint density at radius 3 is 1.73 bits per heavy atom. The van der Waals surface area contributed by atoms with E-state index in [9.17, 15) is 87.9 Å². The van der Waals surface area contributed by atoms with Gasteiger partial charge in [0.25, 0.3) is 0 Å². The number of likely N-dealkylation sites (tertiary alicyclic amines) is 1. The number of nitrogens with one attached hydrogen (secondary N) is 6. The fraction of sp³-hybridized carbons (Fsp3) is 0.672. The van der Waals surface area contributed by atoms with Crippen LogP contribution in [0.3, 0.4) is 0 Å². The van der Waals surface area contributed by atoms with Crippen LogP contribution >= 0.6 is 0 Å². The number of benzene rings is 1. The number of esters is 2. The van der Waals surface area contributed by atoms with Crippen molar-refractivity contribution < 1.29 is 97.3 Å². The minimum Gasteiger partial charge on any atom is -0.481 e. The molecule has 1 aromatic rings. The second-order valence-electron chi connectivity index (χ2n) is 23.5. The lowest BCUT2D eigenvalue weighted by molar-refractivity contribution is -0.155. The number of aliphatic hydroxyl groups is 1. The summed E-state index contributed by atoms with van der Waals surface area (Å²) < 4.78 is 10.4. The molecule has 0 aliphatic carbocycles. The van der Waals surface area contributed by atoms with Crippen LogP contribution in [-0.2, 0) is 84.6 Å². The fourth-order valence-corrected chi connectivity index (χ4v) is 11.5. The van der Waals surface area contributed by atoms with Crippen LogP contribution in [0.15, 0.2) is 18.2 Å². The normalized spacial score (nSPS) is 21.7. The summed E-state index contributed by atoms with van der Waals surface area (Å²) in [6, 6.07) is -0.0459. The topological polar surface area (TPSA) is 433 Å². The monoisotopic (exact) mass is 1270 g/mol. The molecule has 5 heterocycles. The third kappa shape index (κ3) is 22.5. The molecule has 5 aliphatic rings. The molecule has 1 aromatic carbocycles. The van der Waals surface area contributed by atoms with Gasteiger partial charge in [-0.15, -0.1) is 0 Å². The molecule has 6 rings (SSSR count). The van der Waals surface area contributed by atoms with Gasteiger partial charge in [0.2, 0.25) is 47.6 Å². The average molecular weight is 1270 g/mol. The van der Waals surface area contributed by atoms with Crippen molar-refractivity contribution in [1.29, 1.82) is 0 Å². The fourth-order valence-electron chi connectivity index (χ4n) is 11.5. The van der Waals surface area contributed by atoms with Gasteiger partial charge in [-0.25, -0.2) is 0 Å². The molecular weight excluding hydrogens is 1180 g/mol. The summed E-state index contributed by atoms with van der Waals surface area (Å²) in [5.74, 6) is -10.3. The van der Waals surface area contributed by atoms with Crippen molar-refractivity contribution in [2.24, 2.45) is 11.8 Å². The van der Waals surface area contributed by atoms with Crippen molar-refractivity contribution in [2.75, 3.05) is 123 Å². The van der Waals surface area contributed by atoms with E-state index in [4.69, 9.17) is 9.47 Å². The van der Waals surface area contributed by atoms with Crippen LogP contribution in [0.1, 0.15) is 82.8 Å². The number of carbonyl (C=O) groups excluding carboxylic acids is 9. The standard InChI is InChI=1S/C58H86N12O20/c1-3-35(2)52(56(86)62-40-8-7-37-5-4-6-38-27-42(70(53(37)38)57(40)87)55(85)63-41-28-50(82)90-58(41)88)64-44(72)12-15-59-43(71)11-16-60-54(84)39(9-10-46(74)75)61-45(73)29-65-17-13-36(14-18-65)34-89-51(83)33-69-25-23-67(31-48(78)79)21-19-66(30-47(76)77)20-22-68(24-26-69)32-49(80)81/h4-6,35-36,39-42,52,58,88H,3,7-34H2,1-2H3,(H,59,71)(H,60,84)(H,61,73)(H,62,86)(H,63,85)(H,64,72)(H,74,75)(H,76,77)(H,78,79)(H,80,81)/t35-,39+,40-,41?,42-,52-,58?/m0/s1. The Kier molecular flexibility index (Phi) is 27.6. The van der Waals surface area contributed by atoms with Crippen molar-refractivity contribution >= 4 is 82.9 Å². The van der Waals surface area contributed by atoms with Gasteiger partial charge in [0.15, 0.2) is 0 Å². The number of carbonyl (C=O) groups is 13. The maximum Gasteiger partial charge on any atom is 0.320 e. The lowest BCUT2D eigenvalue weighted by atomic mass is 9.97. The molecule has 32 heteroatoms. The van der Waals surface area contributed by atoms with Crippen molar-refractivity contribution in [1.82, 2.24) is 56.4 Å². The van der Waals surface area contributed by atoms with Gasteiger partial charge in [0, 0.05) is 91.1 Å². The molecule has 7 atom stereocenters. The highest BCUT2D eigenvalue weighted by Gasteiger charge is 2.46. The first-order chi connectivity index (χ1) is 42.8. The Labute approximate surface area is 520 Å². The molecule has 11 N–H and O–H groups in total. The Morgan fingerprint density at radius 1 is 0.622 bits per heavy atom. The molecule has 2 unspecified atom stereocenters. The number of ether oxygens (including phenoxy) is 2. The smallest absolute Gasteiger partial charge is 0.320 e. The van der Waals surface area contributed by atoms with E-state index in [1.54, 1.807) is 32.6 Å². The number of rotatable bonds is 30. The minimum absolute atomic E-state index is 0.0534. The van der Waals surface area contributed by atoms with Gasteiger partial charge in [0.1, 0.15) is 30.2 Å². The molecule has 32 nitrogen and oxygen atoms in total. The molecule has 0 bridgehead atoms. The van der Waals surface area contributed by atoms with E-state index < -0.39 is 126 Å². The molecule has 3 saturated heterocycles. The van der Waals surface area contributed by atoms with Gasteiger partial charge < -0.3 is 66.9 Å². The molecule has 90 heavy (non-hydrogen) atoms. The largest absolute Gasteiger partial charge is 0.481 e. The number of para-hydroxylation sites is 1. The zero-order chi connectivity index (χ0) is 65.6. The summed E-state index contributed by atoms with van der Waals surface area (Å²) in [7, 11) is 0. The number of piperidine rings is 1. The van der Waals surface area contributed by atoms with Crippen LogP contribution in [0.5, 0.6) is 0 Å². The van der Waals surface area contributed by atoms with Gasteiger partial charge in [-0.05, 0) is 68.2 Å². The first-order valence-corrected chi connectivity index (χ1v) is 30.6. The summed E-state index contributed by atoms with van der Waals surface area (Å²) in [6.07, 6.45) is -0.716. The van der Waals surface area contributed by atoms with Gasteiger partial charge in [-0.3, -0.25) is 91.7 Å². The van der Waals surface area contributed by atoms with E-state index in [-0.39, 0.29) is 149 Å². The maximum atomic E-state index is 14.3. The number of aliphatic hydroxyl groups excluding tert-OH is 1. The second-order valence-corrected chi connectivity index (χ2v) is 23.5. The molecule has 5 aliphatic heterocycles. The van der Waals surface area contributed by atoms with Crippen LogP contribution < -0.4 is 36.8 Å². The first-order valence-electron chi connectivity index (χ1n) is 30.6. The van der Waals surface area contributed by atoms with E-state index in [1.165, 1.54) is 4.90 Å². The average Bonchev–Trinajstić information content (AvgIpc) is 1.61. The zero-order valence-electron chi connectivity index (χ0n) is 50.9. The van der Waals surface area contributed by atoms with Gasteiger partial charge in [0.05, 0.1) is 51.4 Å². The summed E-state index contributed by atoms with van der Waals surface area (Å²) in [4.78, 5) is 176. The third-order valence-corrected chi connectivity index (χ3v) is 16.7. The van der Waals surface area contributed by atoms with Crippen molar-refractivity contribution in [2.45, 2.75) is 121 Å². The lowest BCUT2D eigenvalue weighted by Crippen LogP contribution is -2.59. The number of hydrogen-bond donors (Lipinski definition) is 11. The summed E-state index contributed by atoms with van der Waals surface area (Å²) >= 11 is 0. The quantitative estimate of drug-likeness (QED) is 0.0325. The van der Waals surface area contributed by atoms with E-state index in [0.717, 1.165) is 11.1 Å². The number of aliphatic carboxylic acids is 4. The van der Waals surface area contributed by atoms with Crippen molar-refractivity contribution in [3.63, 3.8) is 0 Å². The number of carboxylic acid groups (broad SMARTS) is 4. The highest BCUT2D eigenvalue weighted by molar-refractivity contribution is 6.08. The molecule has 0 spiro atoms. The van der Waals surface area contributed by atoms with Gasteiger partial charge in [-0.1, -0.05) is 38.5 Å². The Balaban J connectivity index is 0.900. The van der Waals surface area contributed by atoms with Crippen molar-refractivity contribution in [3.05, 3.63) is 29.3 Å². The number of anilines is 1. The van der Waals surface area contributed by atoms with Crippen LogP contribution in [0.2, 0.25) is 0 Å². The molecule has 498 valence electrons.